The van der Waals surface area contributed by atoms with Gasteiger partial charge in [0.25, 0.3) is 0 Å². The molecule has 0 saturated carbocycles. The number of rotatable bonds is 4. The van der Waals surface area contributed by atoms with Crippen LogP contribution in [0.5, 0.6) is 0 Å². The lowest BCUT2D eigenvalue weighted by Gasteiger charge is -2.31. The third-order valence-corrected chi connectivity index (χ3v) is 4.47. The lowest BCUT2D eigenvalue weighted by molar-refractivity contribution is 0.0885. The van der Waals surface area contributed by atoms with Crippen molar-refractivity contribution in [2.24, 2.45) is 5.92 Å². The summed E-state index contributed by atoms with van der Waals surface area (Å²) < 4.78 is 0. The van der Waals surface area contributed by atoms with Gasteiger partial charge in [-0.1, -0.05) is 53.2 Å². The molecule has 20 heavy (non-hydrogen) atoms. The van der Waals surface area contributed by atoms with E-state index < -0.39 is 0 Å². The molecule has 0 spiro atoms. The second-order valence-corrected chi connectivity index (χ2v) is 6.40. The van der Waals surface area contributed by atoms with Crippen molar-refractivity contribution >= 4 is 21.7 Å². The van der Waals surface area contributed by atoms with E-state index in [2.05, 4.69) is 34.0 Å². The second-order valence-electron chi connectivity index (χ2n) is 5.11. The fraction of sp³-hybridized carbons (Fsp3) is 0.471. The summed E-state index contributed by atoms with van der Waals surface area (Å²) in [5, 5.41) is 0. The number of hydrogen-bond acceptors (Lipinski definition) is 2. The normalized spacial score (nSPS) is 17.9. The topological polar surface area (TPSA) is 20.3 Å². The molecular weight excluding hydrogens is 314 g/mol. The van der Waals surface area contributed by atoms with Crippen molar-refractivity contribution in [2.45, 2.75) is 24.6 Å². The highest BCUT2D eigenvalue weighted by Gasteiger charge is 2.22. The Bertz CT molecular complexity index is 399. The zero-order valence-electron chi connectivity index (χ0n) is 12.2. The number of halogens is 1. The van der Waals surface area contributed by atoms with E-state index in [4.69, 9.17) is 0 Å². The molecule has 2 nitrogen and oxygen atoms in total. The van der Waals surface area contributed by atoms with Gasteiger partial charge in [-0.3, -0.25) is 4.79 Å². The summed E-state index contributed by atoms with van der Waals surface area (Å²) in [6.45, 7) is 11.1. The Kier molecular flexibility index (Phi) is 7.78. The van der Waals surface area contributed by atoms with E-state index in [1.165, 1.54) is 12.8 Å². The van der Waals surface area contributed by atoms with Crippen LogP contribution in [-0.2, 0) is 0 Å². The molecule has 0 aliphatic carbocycles. The Morgan fingerprint density at radius 2 is 1.85 bits per heavy atom. The van der Waals surface area contributed by atoms with Gasteiger partial charge in [-0.05, 0) is 25.9 Å². The molecule has 0 N–H and O–H groups in total. The predicted octanol–water partition coefficient (Wildman–Crippen LogP) is 4.17. The average Bonchev–Trinajstić information content (AvgIpc) is 2.51. The number of carbonyl (C=O) groups is 1. The van der Waals surface area contributed by atoms with Gasteiger partial charge >= 0.3 is 0 Å². The van der Waals surface area contributed by atoms with Crippen LogP contribution in [0.25, 0.3) is 0 Å². The minimum absolute atomic E-state index is 0.0827. The van der Waals surface area contributed by atoms with Crippen LogP contribution in [0.4, 0.5) is 0 Å². The smallest absolute Gasteiger partial charge is 0.166 e. The molecule has 2 rings (SSSR count). The van der Waals surface area contributed by atoms with Crippen LogP contribution in [-0.4, -0.2) is 35.1 Å². The van der Waals surface area contributed by atoms with Crippen LogP contribution in [0.2, 0.25) is 0 Å². The van der Waals surface area contributed by atoms with Crippen LogP contribution >= 0.6 is 15.9 Å². The van der Waals surface area contributed by atoms with Gasteiger partial charge < -0.3 is 4.90 Å². The van der Waals surface area contributed by atoms with Crippen molar-refractivity contribution in [2.75, 3.05) is 19.6 Å². The van der Waals surface area contributed by atoms with Gasteiger partial charge in [0, 0.05) is 22.9 Å². The molecule has 1 unspecified atom stereocenters. The van der Waals surface area contributed by atoms with Crippen LogP contribution < -0.4 is 0 Å². The molecule has 1 fully saturated rings. The molecule has 1 saturated heterocycles. The zero-order chi connectivity index (χ0) is 15.0. The van der Waals surface area contributed by atoms with Gasteiger partial charge in [-0.25, -0.2) is 0 Å². The highest BCUT2D eigenvalue weighted by Crippen LogP contribution is 2.19. The van der Waals surface area contributed by atoms with Crippen molar-refractivity contribution < 1.29 is 4.79 Å². The third-order valence-electron chi connectivity index (χ3n) is 3.56. The molecule has 1 aromatic rings. The van der Waals surface area contributed by atoms with E-state index in [1.54, 1.807) is 0 Å². The number of nitrogens with zero attached hydrogens (tertiary/aromatic N) is 1. The monoisotopic (exact) mass is 337 g/mol. The Morgan fingerprint density at radius 1 is 1.30 bits per heavy atom. The second kappa shape index (κ2) is 9.09. The van der Waals surface area contributed by atoms with Gasteiger partial charge in [0.15, 0.2) is 5.78 Å². The number of alkyl halides is 1. The van der Waals surface area contributed by atoms with E-state index in [0.717, 1.165) is 25.2 Å². The van der Waals surface area contributed by atoms with Gasteiger partial charge in [0.05, 0.1) is 0 Å². The highest BCUT2D eigenvalue weighted by molar-refractivity contribution is 9.09. The summed E-state index contributed by atoms with van der Waals surface area (Å²) in [6.07, 6.45) is 2.37. The first-order chi connectivity index (χ1) is 9.66. The molecule has 1 aliphatic rings. The molecule has 1 atom stereocenters. The van der Waals surface area contributed by atoms with E-state index in [0.29, 0.717) is 4.83 Å². The Labute approximate surface area is 131 Å². The van der Waals surface area contributed by atoms with E-state index in [9.17, 15) is 4.79 Å². The van der Waals surface area contributed by atoms with Crippen molar-refractivity contribution in [3.8, 4) is 0 Å². The minimum atomic E-state index is 0.0827. The SMILES string of the molecule is C=C.CC(CN1CCC(Br)CC1)C(=O)c1ccccc1. The average molecular weight is 338 g/mol. The van der Waals surface area contributed by atoms with Crippen molar-refractivity contribution in [3.63, 3.8) is 0 Å². The minimum Gasteiger partial charge on any atom is -0.303 e. The van der Waals surface area contributed by atoms with Crippen molar-refractivity contribution in [3.05, 3.63) is 49.1 Å². The number of hydrogen-bond donors (Lipinski definition) is 0. The third kappa shape index (κ3) is 5.22. The summed E-state index contributed by atoms with van der Waals surface area (Å²) in [4.78, 5) is 15.3. The zero-order valence-corrected chi connectivity index (χ0v) is 13.8. The van der Waals surface area contributed by atoms with Crippen LogP contribution in [0.3, 0.4) is 0 Å². The van der Waals surface area contributed by atoms with E-state index in [1.807, 2.05) is 37.3 Å². The molecule has 110 valence electrons. The van der Waals surface area contributed by atoms with Gasteiger partial charge in [-0.15, -0.1) is 13.2 Å². The van der Waals surface area contributed by atoms with Gasteiger partial charge in [0.2, 0.25) is 0 Å². The number of Topliss-reactive ketones (excluding diaryl/α,β-unsaturated/α-hetero) is 1. The Balaban J connectivity index is 0.000000956. The largest absolute Gasteiger partial charge is 0.303 e. The van der Waals surface area contributed by atoms with Crippen LogP contribution in [0.15, 0.2) is 43.5 Å². The maximum absolute atomic E-state index is 12.2. The number of likely N-dealkylation sites (tertiary alicyclic amines) is 1. The lowest BCUT2D eigenvalue weighted by atomic mass is 9.98. The number of piperidine rings is 1. The van der Waals surface area contributed by atoms with Gasteiger partial charge in [0.1, 0.15) is 0 Å². The predicted molar refractivity (Wildman–Crippen MR) is 89.6 cm³/mol. The maximum atomic E-state index is 12.2. The highest BCUT2D eigenvalue weighted by atomic mass is 79.9. The summed E-state index contributed by atoms with van der Waals surface area (Å²) in [6, 6.07) is 9.61. The van der Waals surface area contributed by atoms with Crippen LogP contribution in [0, 0.1) is 5.92 Å². The molecule has 0 aromatic heterocycles. The van der Waals surface area contributed by atoms with Gasteiger partial charge in [-0.2, -0.15) is 0 Å². The molecule has 1 aromatic carbocycles. The first-order valence-corrected chi connectivity index (χ1v) is 8.04. The first kappa shape index (κ1) is 17.1. The molecule has 0 bridgehead atoms. The van der Waals surface area contributed by atoms with Crippen LogP contribution in [0.1, 0.15) is 30.1 Å². The molecule has 3 heteroatoms. The number of ketones is 1. The van der Waals surface area contributed by atoms with E-state index in [-0.39, 0.29) is 11.7 Å². The standard InChI is InChI=1S/C15H20BrNO.C2H4/c1-12(11-17-9-7-14(16)8-10-17)15(18)13-5-3-2-4-6-13;1-2/h2-6,12,14H,7-11H2,1H3;1-2H2. The molecule has 1 heterocycles. The van der Waals surface area contributed by atoms with E-state index >= 15 is 0 Å². The molecular formula is C17H24BrNO. The fourth-order valence-corrected chi connectivity index (χ4v) is 2.85. The molecule has 0 radical (unpaired) electrons. The van der Waals surface area contributed by atoms with Crippen molar-refractivity contribution in [1.29, 1.82) is 0 Å². The Morgan fingerprint density at radius 3 is 2.40 bits per heavy atom. The first-order valence-electron chi connectivity index (χ1n) is 7.12. The summed E-state index contributed by atoms with van der Waals surface area (Å²) in [5.41, 5.74) is 0.834. The quantitative estimate of drug-likeness (QED) is 0.467. The molecule has 1 aliphatic heterocycles. The van der Waals surface area contributed by atoms with Crippen molar-refractivity contribution in [1.82, 2.24) is 4.90 Å². The number of carbonyl (C=O) groups excluding carboxylic acids is 1. The number of benzene rings is 1. The maximum Gasteiger partial charge on any atom is 0.166 e. The summed E-state index contributed by atoms with van der Waals surface area (Å²) in [7, 11) is 0. The summed E-state index contributed by atoms with van der Waals surface area (Å²) >= 11 is 3.65. The Hall–Kier alpha value is -0.930. The lowest BCUT2D eigenvalue weighted by Crippen LogP contribution is -2.38. The summed E-state index contributed by atoms with van der Waals surface area (Å²) in [5.74, 6) is 0.343. The fourth-order valence-electron chi connectivity index (χ4n) is 2.44. The molecule has 0 amide bonds.